The Morgan fingerprint density at radius 1 is 1.18 bits per heavy atom. The van der Waals surface area contributed by atoms with E-state index in [1.807, 2.05) is 38.1 Å². The van der Waals surface area contributed by atoms with Gasteiger partial charge in [0.2, 0.25) is 15.9 Å². The largest absolute Gasteiger partial charge is 0.340 e. The molecule has 10 heteroatoms. The van der Waals surface area contributed by atoms with Gasteiger partial charge in [-0.25, -0.2) is 8.42 Å². The van der Waals surface area contributed by atoms with Crippen LogP contribution in [0.1, 0.15) is 50.0 Å². The molecular weight excluding hydrogens is 444 g/mol. The number of benzene rings is 1. The van der Waals surface area contributed by atoms with Gasteiger partial charge >= 0.3 is 0 Å². The molecule has 1 fully saturated rings. The summed E-state index contributed by atoms with van der Waals surface area (Å²) in [6.07, 6.45) is 1.38. The van der Waals surface area contributed by atoms with E-state index in [9.17, 15) is 22.8 Å². The third-order valence-electron chi connectivity index (χ3n) is 5.86. The van der Waals surface area contributed by atoms with Gasteiger partial charge in [-0.15, -0.1) is 0 Å². The lowest BCUT2D eigenvalue weighted by Crippen LogP contribution is -2.58. The van der Waals surface area contributed by atoms with Crippen LogP contribution in [0.3, 0.4) is 0 Å². The van der Waals surface area contributed by atoms with E-state index in [1.54, 1.807) is 17.7 Å². The molecule has 2 amide bonds. The highest BCUT2D eigenvalue weighted by Gasteiger charge is 2.36. The Balaban J connectivity index is 1.83. The van der Waals surface area contributed by atoms with E-state index in [0.717, 1.165) is 21.5 Å². The Hall–Kier alpha value is -2.72. The average Bonchev–Trinajstić information content (AvgIpc) is 2.95. The molecule has 1 aliphatic heterocycles. The SMILES string of the molecule is CC(C)CC(NC(=O)c1cc2ccccc2n1C)C(=O)N[C@@H]1C(=O)CCCCN1S(C)(=O)=O. The number of carbonyl (C=O) groups is 3. The summed E-state index contributed by atoms with van der Waals surface area (Å²) >= 11 is 0. The second-order valence-corrected chi connectivity index (χ2v) is 10.9. The molecule has 0 saturated carbocycles. The fourth-order valence-electron chi connectivity index (χ4n) is 4.18. The number of nitrogens with one attached hydrogen (secondary N) is 2. The minimum absolute atomic E-state index is 0.0735. The fourth-order valence-corrected chi connectivity index (χ4v) is 5.19. The lowest BCUT2D eigenvalue weighted by Gasteiger charge is -2.29. The normalized spacial score (nSPS) is 18.8. The zero-order valence-corrected chi connectivity index (χ0v) is 20.3. The van der Waals surface area contributed by atoms with Crippen LogP contribution in [0.5, 0.6) is 0 Å². The first-order valence-corrected chi connectivity index (χ1v) is 13.0. The predicted molar refractivity (Wildman–Crippen MR) is 126 cm³/mol. The number of aryl methyl sites for hydroxylation is 1. The van der Waals surface area contributed by atoms with Gasteiger partial charge < -0.3 is 15.2 Å². The maximum atomic E-state index is 13.2. The van der Waals surface area contributed by atoms with Crippen molar-refractivity contribution >= 4 is 38.5 Å². The summed E-state index contributed by atoms with van der Waals surface area (Å²) in [4.78, 5) is 38.9. The molecule has 0 aliphatic carbocycles. The molecule has 0 radical (unpaired) electrons. The van der Waals surface area contributed by atoms with Crippen molar-refractivity contribution in [3.05, 3.63) is 36.0 Å². The first kappa shape index (κ1) is 24.9. The Morgan fingerprint density at radius 2 is 1.88 bits per heavy atom. The van der Waals surface area contributed by atoms with Crippen LogP contribution in [0.2, 0.25) is 0 Å². The van der Waals surface area contributed by atoms with Crippen molar-refractivity contribution in [2.75, 3.05) is 12.8 Å². The van der Waals surface area contributed by atoms with Gasteiger partial charge in [0.1, 0.15) is 11.7 Å². The van der Waals surface area contributed by atoms with Crippen molar-refractivity contribution in [3.63, 3.8) is 0 Å². The second-order valence-electron chi connectivity index (χ2n) is 9.01. The van der Waals surface area contributed by atoms with Crippen molar-refractivity contribution in [2.45, 2.75) is 51.7 Å². The summed E-state index contributed by atoms with van der Waals surface area (Å²) in [5.41, 5.74) is 1.29. The van der Waals surface area contributed by atoms with Gasteiger partial charge in [0.15, 0.2) is 11.9 Å². The molecular formula is C23H32N4O5S. The number of sulfonamides is 1. The summed E-state index contributed by atoms with van der Waals surface area (Å²) in [5.74, 6) is -1.27. The number of hydrogen-bond donors (Lipinski definition) is 2. The Morgan fingerprint density at radius 3 is 2.52 bits per heavy atom. The summed E-state index contributed by atoms with van der Waals surface area (Å²) in [6, 6.07) is 8.42. The highest BCUT2D eigenvalue weighted by molar-refractivity contribution is 7.88. The Kier molecular flexibility index (Phi) is 7.58. The number of carbonyl (C=O) groups excluding carboxylic acids is 3. The number of para-hydroxylation sites is 1. The molecule has 2 heterocycles. The molecule has 33 heavy (non-hydrogen) atoms. The number of nitrogens with zero attached hydrogens (tertiary/aromatic N) is 2. The molecule has 2 N–H and O–H groups in total. The molecule has 180 valence electrons. The molecule has 1 aromatic heterocycles. The standard InChI is InChI=1S/C23H32N4O5S/c1-15(2)13-17(24-23(30)19-14-16-9-5-6-10-18(16)26(19)3)22(29)25-21-20(28)11-7-8-12-27(21)33(4,31)32/h5-6,9-10,14-15,17,21H,7-8,11-13H2,1-4H3,(H,24,30)(H,25,29)/t17?,21-/m0/s1. The van der Waals surface area contributed by atoms with Gasteiger partial charge in [0, 0.05) is 30.9 Å². The monoisotopic (exact) mass is 476 g/mol. The smallest absolute Gasteiger partial charge is 0.268 e. The molecule has 3 rings (SSSR count). The van der Waals surface area contributed by atoms with Crippen molar-refractivity contribution < 1.29 is 22.8 Å². The highest BCUT2D eigenvalue weighted by atomic mass is 32.2. The van der Waals surface area contributed by atoms with E-state index in [4.69, 9.17) is 0 Å². The number of Topliss-reactive ketones (excluding diaryl/α,β-unsaturated/α-hetero) is 1. The Labute approximate surface area is 194 Å². The number of fused-ring (bicyclic) bond motifs is 1. The zero-order chi connectivity index (χ0) is 24.3. The molecule has 0 spiro atoms. The van der Waals surface area contributed by atoms with Crippen molar-refractivity contribution in [1.82, 2.24) is 19.5 Å². The van der Waals surface area contributed by atoms with Crippen LogP contribution in [-0.4, -0.2) is 59.9 Å². The number of aromatic nitrogens is 1. The first-order chi connectivity index (χ1) is 15.5. The van der Waals surface area contributed by atoms with Gasteiger partial charge in [0.05, 0.1) is 6.26 Å². The van der Waals surface area contributed by atoms with Gasteiger partial charge in [-0.1, -0.05) is 32.0 Å². The quantitative estimate of drug-likeness (QED) is 0.632. The predicted octanol–water partition coefficient (Wildman–Crippen LogP) is 1.78. The van der Waals surface area contributed by atoms with Gasteiger partial charge in [-0.3, -0.25) is 14.4 Å². The first-order valence-electron chi connectivity index (χ1n) is 11.1. The maximum absolute atomic E-state index is 13.2. The highest BCUT2D eigenvalue weighted by Crippen LogP contribution is 2.19. The number of amides is 2. The minimum Gasteiger partial charge on any atom is -0.340 e. The maximum Gasteiger partial charge on any atom is 0.268 e. The van der Waals surface area contributed by atoms with E-state index in [-0.39, 0.29) is 24.7 Å². The Bertz CT molecular complexity index is 1150. The fraction of sp³-hybridized carbons (Fsp3) is 0.522. The van der Waals surface area contributed by atoms with Crippen LogP contribution in [-0.2, 0) is 26.7 Å². The molecule has 1 aromatic carbocycles. The van der Waals surface area contributed by atoms with E-state index < -0.39 is 34.0 Å². The molecule has 9 nitrogen and oxygen atoms in total. The third kappa shape index (κ3) is 5.80. The van der Waals surface area contributed by atoms with Crippen molar-refractivity contribution in [2.24, 2.45) is 13.0 Å². The van der Waals surface area contributed by atoms with E-state index in [1.165, 1.54) is 0 Å². The molecule has 2 aromatic rings. The summed E-state index contributed by atoms with van der Waals surface area (Å²) in [6.45, 7) is 4.00. The van der Waals surface area contributed by atoms with Crippen LogP contribution >= 0.6 is 0 Å². The van der Waals surface area contributed by atoms with E-state index in [0.29, 0.717) is 25.0 Å². The van der Waals surface area contributed by atoms with E-state index >= 15 is 0 Å². The zero-order valence-electron chi connectivity index (χ0n) is 19.5. The molecule has 2 atom stereocenters. The molecule has 1 aliphatic rings. The van der Waals surface area contributed by atoms with Crippen LogP contribution in [0.25, 0.3) is 10.9 Å². The van der Waals surface area contributed by atoms with Gasteiger partial charge in [-0.05, 0) is 37.3 Å². The summed E-state index contributed by atoms with van der Waals surface area (Å²) in [7, 11) is -1.92. The topological polar surface area (TPSA) is 118 Å². The van der Waals surface area contributed by atoms with Gasteiger partial charge in [0.25, 0.3) is 5.91 Å². The van der Waals surface area contributed by atoms with Crippen LogP contribution in [0.4, 0.5) is 0 Å². The van der Waals surface area contributed by atoms with Crippen molar-refractivity contribution in [1.29, 1.82) is 0 Å². The molecule has 0 bridgehead atoms. The summed E-state index contributed by atoms with van der Waals surface area (Å²) in [5, 5.41) is 6.30. The number of ketones is 1. The minimum atomic E-state index is -3.71. The van der Waals surface area contributed by atoms with Crippen LogP contribution in [0.15, 0.2) is 30.3 Å². The second kappa shape index (κ2) is 10.0. The van der Waals surface area contributed by atoms with Crippen molar-refractivity contribution in [3.8, 4) is 0 Å². The van der Waals surface area contributed by atoms with E-state index in [2.05, 4.69) is 10.6 Å². The lowest BCUT2D eigenvalue weighted by molar-refractivity contribution is -0.131. The molecule has 1 unspecified atom stereocenters. The van der Waals surface area contributed by atoms with Crippen LogP contribution in [0, 0.1) is 5.92 Å². The number of rotatable bonds is 7. The summed E-state index contributed by atoms with van der Waals surface area (Å²) < 4.78 is 27.3. The number of hydrogen-bond acceptors (Lipinski definition) is 5. The molecule has 1 saturated heterocycles. The van der Waals surface area contributed by atoms with Crippen LogP contribution < -0.4 is 10.6 Å². The average molecular weight is 477 g/mol. The lowest BCUT2D eigenvalue weighted by atomic mass is 10.0. The van der Waals surface area contributed by atoms with Gasteiger partial charge in [-0.2, -0.15) is 4.31 Å². The third-order valence-corrected chi connectivity index (χ3v) is 7.11.